The van der Waals surface area contributed by atoms with E-state index < -0.39 is 23.8 Å². The third-order valence-electron chi connectivity index (χ3n) is 4.68. The van der Waals surface area contributed by atoms with Gasteiger partial charge in [0.05, 0.1) is 6.10 Å². The maximum absolute atomic E-state index is 11.3. The van der Waals surface area contributed by atoms with E-state index in [0.717, 1.165) is 11.1 Å². The molecule has 2 atom stereocenters. The number of aliphatic hydroxyl groups excluding tert-OH is 1. The van der Waals surface area contributed by atoms with Crippen molar-refractivity contribution in [1.82, 2.24) is 5.32 Å². The Hall–Kier alpha value is -2.81. The van der Waals surface area contributed by atoms with E-state index in [1.54, 1.807) is 18.2 Å². The molecule has 0 aromatic heterocycles. The minimum absolute atomic E-state index is 0.0110. The van der Waals surface area contributed by atoms with Gasteiger partial charge in [0.15, 0.2) is 11.5 Å². The Morgan fingerprint density at radius 2 is 1.70 bits per heavy atom. The first-order valence-electron chi connectivity index (χ1n) is 9.33. The Labute approximate surface area is 178 Å². The zero-order valence-electron chi connectivity index (χ0n) is 16.2. The molecule has 0 aliphatic carbocycles. The SMILES string of the molecule is C[C@H](Cc1ccc2c(c1)OC(C(=O)O)(C(=O)O)O2)NCC(O)Cc1cccc(Cl)c1. The number of rotatable bonds is 9. The molecule has 160 valence electrons. The molecule has 0 spiro atoms. The minimum Gasteiger partial charge on any atom is -0.475 e. The van der Waals surface area contributed by atoms with Gasteiger partial charge < -0.3 is 30.1 Å². The van der Waals surface area contributed by atoms with E-state index in [1.165, 1.54) is 6.07 Å². The van der Waals surface area contributed by atoms with Crippen molar-refractivity contribution in [1.29, 1.82) is 0 Å². The summed E-state index contributed by atoms with van der Waals surface area (Å²) in [6.45, 7) is 2.31. The molecule has 3 rings (SSSR count). The quantitative estimate of drug-likeness (QED) is 0.441. The van der Waals surface area contributed by atoms with Gasteiger partial charge in [0, 0.05) is 17.6 Å². The van der Waals surface area contributed by atoms with Gasteiger partial charge in [0.1, 0.15) is 0 Å². The highest BCUT2D eigenvalue weighted by molar-refractivity contribution is 6.30. The van der Waals surface area contributed by atoms with E-state index in [2.05, 4.69) is 5.32 Å². The van der Waals surface area contributed by atoms with Gasteiger partial charge >= 0.3 is 17.7 Å². The number of hydrogen-bond acceptors (Lipinski definition) is 6. The van der Waals surface area contributed by atoms with Crippen LogP contribution in [0.3, 0.4) is 0 Å². The van der Waals surface area contributed by atoms with Gasteiger partial charge in [-0.3, -0.25) is 0 Å². The smallest absolute Gasteiger partial charge is 0.453 e. The third-order valence-corrected chi connectivity index (χ3v) is 4.92. The first kappa shape index (κ1) is 21.9. The average Bonchev–Trinajstić information content (AvgIpc) is 3.07. The second-order valence-corrected chi connectivity index (χ2v) is 7.65. The van der Waals surface area contributed by atoms with Crippen molar-refractivity contribution in [2.75, 3.05) is 6.54 Å². The molecule has 0 amide bonds. The summed E-state index contributed by atoms with van der Waals surface area (Å²) in [7, 11) is 0. The standard InChI is InChI=1S/C21H22ClNO7/c1-12(23-11-16(24)9-13-3-2-4-15(22)8-13)7-14-5-6-17-18(10-14)30-21(29-17,19(25)26)20(27)28/h2-6,8,10,12,16,23-24H,7,9,11H2,1H3,(H,25,26)(H,27,28)/t12-,16?/m1/s1. The fraction of sp³-hybridized carbons (Fsp3) is 0.333. The second kappa shape index (κ2) is 8.91. The van der Waals surface area contributed by atoms with Crippen molar-refractivity contribution in [3.8, 4) is 11.5 Å². The van der Waals surface area contributed by atoms with Crippen molar-refractivity contribution >= 4 is 23.5 Å². The lowest BCUT2D eigenvalue weighted by atomic mass is 10.1. The van der Waals surface area contributed by atoms with Crippen LogP contribution in [0.5, 0.6) is 11.5 Å². The van der Waals surface area contributed by atoms with E-state index in [-0.39, 0.29) is 17.5 Å². The number of benzene rings is 2. The number of halogens is 1. The number of carboxylic acid groups (broad SMARTS) is 2. The first-order chi connectivity index (χ1) is 14.2. The van der Waals surface area contributed by atoms with Crippen molar-refractivity contribution < 1.29 is 34.4 Å². The molecule has 0 saturated carbocycles. The molecular formula is C21H22ClNO7. The molecule has 30 heavy (non-hydrogen) atoms. The van der Waals surface area contributed by atoms with Gasteiger partial charge in [-0.05, 0) is 55.2 Å². The molecule has 2 aromatic carbocycles. The Bertz CT molecular complexity index is 935. The van der Waals surface area contributed by atoms with Crippen molar-refractivity contribution in [2.24, 2.45) is 0 Å². The minimum atomic E-state index is -2.77. The van der Waals surface area contributed by atoms with E-state index in [0.29, 0.717) is 24.4 Å². The monoisotopic (exact) mass is 435 g/mol. The van der Waals surface area contributed by atoms with E-state index >= 15 is 0 Å². The molecular weight excluding hydrogens is 414 g/mol. The number of nitrogens with one attached hydrogen (secondary N) is 1. The van der Waals surface area contributed by atoms with Gasteiger partial charge in [-0.25, -0.2) is 9.59 Å². The van der Waals surface area contributed by atoms with Crippen LogP contribution in [0, 0.1) is 0 Å². The van der Waals surface area contributed by atoms with Gasteiger partial charge in [0.2, 0.25) is 0 Å². The summed E-state index contributed by atoms with van der Waals surface area (Å²) in [5, 5.41) is 32.5. The molecule has 1 unspecified atom stereocenters. The second-order valence-electron chi connectivity index (χ2n) is 7.21. The molecule has 0 bridgehead atoms. The summed E-state index contributed by atoms with van der Waals surface area (Å²) >= 11 is 5.96. The highest BCUT2D eigenvalue weighted by Gasteiger charge is 2.57. The predicted molar refractivity (Wildman–Crippen MR) is 108 cm³/mol. The highest BCUT2D eigenvalue weighted by atomic mass is 35.5. The van der Waals surface area contributed by atoms with Crippen molar-refractivity contribution in [2.45, 2.75) is 37.7 Å². The van der Waals surface area contributed by atoms with Gasteiger partial charge in [-0.15, -0.1) is 0 Å². The van der Waals surface area contributed by atoms with Crippen LogP contribution >= 0.6 is 11.6 Å². The number of ether oxygens (including phenoxy) is 2. The summed E-state index contributed by atoms with van der Waals surface area (Å²) < 4.78 is 10.2. The van der Waals surface area contributed by atoms with Crippen LogP contribution in [0.2, 0.25) is 5.02 Å². The van der Waals surface area contributed by atoms with Crippen molar-refractivity contribution in [3.05, 3.63) is 58.6 Å². The Morgan fingerprint density at radius 1 is 1.03 bits per heavy atom. The lowest BCUT2D eigenvalue weighted by Crippen LogP contribution is -2.54. The molecule has 8 nitrogen and oxygen atoms in total. The molecule has 2 aromatic rings. The van der Waals surface area contributed by atoms with Crippen molar-refractivity contribution in [3.63, 3.8) is 0 Å². The number of fused-ring (bicyclic) bond motifs is 1. The average molecular weight is 436 g/mol. The first-order valence-corrected chi connectivity index (χ1v) is 9.71. The van der Waals surface area contributed by atoms with Crippen LogP contribution in [0.25, 0.3) is 0 Å². The summed E-state index contributed by atoms with van der Waals surface area (Å²) in [5.41, 5.74) is 1.74. The van der Waals surface area contributed by atoms with Gasteiger partial charge in [0.25, 0.3) is 0 Å². The van der Waals surface area contributed by atoms with Crippen LogP contribution < -0.4 is 14.8 Å². The van der Waals surface area contributed by atoms with Gasteiger partial charge in [-0.1, -0.05) is 29.8 Å². The van der Waals surface area contributed by atoms with Crippen LogP contribution in [0.15, 0.2) is 42.5 Å². The molecule has 0 radical (unpaired) electrons. The highest BCUT2D eigenvalue weighted by Crippen LogP contribution is 2.40. The Kier molecular flexibility index (Phi) is 6.50. The number of carboxylic acids is 2. The summed E-state index contributed by atoms with van der Waals surface area (Å²) in [6.07, 6.45) is 0.430. The van der Waals surface area contributed by atoms with Crippen LogP contribution in [0.1, 0.15) is 18.1 Å². The number of aliphatic hydroxyl groups is 1. The number of carbonyl (C=O) groups is 2. The fourth-order valence-corrected chi connectivity index (χ4v) is 3.42. The van der Waals surface area contributed by atoms with Crippen LogP contribution in [-0.4, -0.2) is 51.7 Å². The zero-order valence-corrected chi connectivity index (χ0v) is 16.9. The van der Waals surface area contributed by atoms with Gasteiger partial charge in [-0.2, -0.15) is 0 Å². The maximum atomic E-state index is 11.3. The molecule has 9 heteroatoms. The topological polar surface area (TPSA) is 125 Å². The summed E-state index contributed by atoms with van der Waals surface area (Å²) in [5.74, 6) is -6.13. The van der Waals surface area contributed by atoms with Crippen LogP contribution in [-0.2, 0) is 22.4 Å². The summed E-state index contributed by atoms with van der Waals surface area (Å²) in [4.78, 5) is 22.6. The number of hydrogen-bond donors (Lipinski definition) is 4. The summed E-state index contributed by atoms with van der Waals surface area (Å²) in [6, 6.07) is 12.1. The van der Waals surface area contributed by atoms with E-state index in [9.17, 15) is 24.9 Å². The molecule has 1 aliphatic rings. The fourth-order valence-electron chi connectivity index (χ4n) is 3.21. The lowest BCUT2D eigenvalue weighted by molar-refractivity contribution is -0.194. The largest absolute Gasteiger partial charge is 0.475 e. The molecule has 1 heterocycles. The molecule has 0 fully saturated rings. The molecule has 0 saturated heterocycles. The maximum Gasteiger partial charge on any atom is 0.453 e. The van der Waals surface area contributed by atoms with E-state index in [4.69, 9.17) is 21.1 Å². The van der Waals surface area contributed by atoms with Crippen LogP contribution in [0.4, 0.5) is 0 Å². The Balaban J connectivity index is 1.55. The lowest BCUT2D eigenvalue weighted by Gasteiger charge is -2.18. The zero-order chi connectivity index (χ0) is 21.9. The molecule has 1 aliphatic heterocycles. The normalized spacial score (nSPS) is 16.1. The van der Waals surface area contributed by atoms with E-state index in [1.807, 2.05) is 25.1 Å². The predicted octanol–water partition coefficient (Wildman–Crippen LogP) is 2.10. The Morgan fingerprint density at radius 3 is 2.37 bits per heavy atom. The molecule has 4 N–H and O–H groups in total. The number of aliphatic carboxylic acids is 2. The third kappa shape index (κ3) is 4.84.